The maximum Gasteiger partial charge on any atom is 0.237 e. The second kappa shape index (κ2) is 4.07. The molecule has 2 aliphatic rings. The molecule has 0 aromatic heterocycles. The minimum atomic E-state index is -0.0278. The molecule has 2 fully saturated rings. The van der Waals surface area contributed by atoms with Crippen molar-refractivity contribution >= 4 is 17.5 Å². The number of rotatable bonds is 1. The van der Waals surface area contributed by atoms with Gasteiger partial charge in [-0.05, 0) is 25.7 Å². The molecule has 1 amide bonds. The lowest BCUT2D eigenvalue weighted by Gasteiger charge is -2.33. The van der Waals surface area contributed by atoms with Crippen molar-refractivity contribution in [1.82, 2.24) is 4.90 Å². The summed E-state index contributed by atoms with van der Waals surface area (Å²) in [6.45, 7) is 2.41. The van der Waals surface area contributed by atoms with Gasteiger partial charge in [0.15, 0.2) is 0 Å². The molecule has 2 heterocycles. The van der Waals surface area contributed by atoms with E-state index in [2.05, 4.69) is 0 Å². The van der Waals surface area contributed by atoms with Crippen LogP contribution < -0.4 is 0 Å². The number of alkyl halides is 1. The van der Waals surface area contributed by atoms with Gasteiger partial charge in [-0.1, -0.05) is 0 Å². The summed E-state index contributed by atoms with van der Waals surface area (Å²) in [5, 5.41) is 0. The van der Waals surface area contributed by atoms with Crippen LogP contribution in [0.15, 0.2) is 0 Å². The van der Waals surface area contributed by atoms with Crippen molar-refractivity contribution in [2.45, 2.75) is 31.3 Å². The first-order valence-electron chi connectivity index (χ1n) is 5.23. The van der Waals surface area contributed by atoms with Crippen molar-refractivity contribution in [2.75, 3.05) is 25.6 Å². The predicted octanol–water partition coefficient (Wildman–Crippen LogP) is 1.40. The second-order valence-electron chi connectivity index (χ2n) is 4.19. The van der Waals surface area contributed by atoms with Crippen LogP contribution in [0.2, 0.25) is 0 Å². The van der Waals surface area contributed by atoms with Gasteiger partial charge < -0.3 is 9.64 Å². The second-order valence-corrected chi connectivity index (χ2v) is 4.45. The fraction of sp³-hybridized carbons (Fsp3) is 0.900. The van der Waals surface area contributed by atoms with Crippen molar-refractivity contribution in [1.29, 1.82) is 0 Å². The molecule has 1 atom stereocenters. The van der Waals surface area contributed by atoms with E-state index in [4.69, 9.17) is 16.3 Å². The minimum Gasteiger partial charge on any atom is -0.373 e. The molecule has 0 aromatic rings. The van der Waals surface area contributed by atoms with Crippen LogP contribution in [0.5, 0.6) is 0 Å². The molecule has 2 rings (SSSR count). The Kier molecular flexibility index (Phi) is 2.98. The molecule has 0 radical (unpaired) electrons. The van der Waals surface area contributed by atoms with Gasteiger partial charge in [0, 0.05) is 19.7 Å². The Labute approximate surface area is 89.4 Å². The van der Waals surface area contributed by atoms with E-state index in [-0.39, 0.29) is 17.4 Å². The smallest absolute Gasteiger partial charge is 0.237 e. The Balaban J connectivity index is 1.95. The molecule has 0 aliphatic carbocycles. The minimum absolute atomic E-state index is 0.0278. The molecule has 0 aromatic carbocycles. The number of carbonyl (C=O) groups excluding carboxylic acids is 1. The predicted molar refractivity (Wildman–Crippen MR) is 54.5 cm³/mol. The van der Waals surface area contributed by atoms with E-state index in [0.717, 1.165) is 39.0 Å². The molecule has 2 aliphatic heterocycles. The van der Waals surface area contributed by atoms with Crippen LogP contribution in [0.3, 0.4) is 0 Å². The normalized spacial score (nSPS) is 32.5. The van der Waals surface area contributed by atoms with Crippen LogP contribution in [-0.2, 0) is 9.53 Å². The van der Waals surface area contributed by atoms with E-state index in [1.165, 1.54) is 6.42 Å². The topological polar surface area (TPSA) is 29.5 Å². The molecule has 0 unspecified atom stereocenters. The summed E-state index contributed by atoms with van der Waals surface area (Å²) in [4.78, 5) is 13.2. The average molecular weight is 218 g/mol. The van der Waals surface area contributed by atoms with Crippen LogP contribution in [0.4, 0.5) is 0 Å². The van der Waals surface area contributed by atoms with Crippen molar-refractivity contribution in [3.8, 4) is 0 Å². The third-order valence-corrected chi connectivity index (χ3v) is 3.45. The first-order valence-corrected chi connectivity index (χ1v) is 5.77. The summed E-state index contributed by atoms with van der Waals surface area (Å²) in [5.74, 6) is 0.133. The molecule has 80 valence electrons. The highest BCUT2D eigenvalue weighted by atomic mass is 35.5. The monoisotopic (exact) mass is 217 g/mol. The number of amides is 1. The number of ether oxygens (including phenoxy) is 1. The summed E-state index contributed by atoms with van der Waals surface area (Å²) in [6, 6.07) is 0. The van der Waals surface area contributed by atoms with Crippen molar-refractivity contribution in [3.05, 3.63) is 0 Å². The van der Waals surface area contributed by atoms with Crippen LogP contribution >= 0.6 is 11.6 Å². The number of hydrogen-bond donors (Lipinski definition) is 0. The largest absolute Gasteiger partial charge is 0.373 e. The van der Waals surface area contributed by atoms with Gasteiger partial charge in [-0.2, -0.15) is 0 Å². The van der Waals surface area contributed by atoms with Gasteiger partial charge >= 0.3 is 0 Å². The number of hydrogen-bond acceptors (Lipinski definition) is 2. The van der Waals surface area contributed by atoms with Gasteiger partial charge in [0.25, 0.3) is 0 Å². The quantitative estimate of drug-likeness (QED) is 0.622. The maximum absolute atomic E-state index is 11.4. The highest BCUT2D eigenvalue weighted by Gasteiger charge is 2.41. The zero-order valence-electron chi connectivity index (χ0n) is 8.30. The van der Waals surface area contributed by atoms with Gasteiger partial charge in [-0.15, -0.1) is 11.6 Å². The number of likely N-dealkylation sites (tertiary alicyclic amines) is 1. The van der Waals surface area contributed by atoms with E-state index in [9.17, 15) is 4.79 Å². The van der Waals surface area contributed by atoms with E-state index in [1.54, 1.807) is 0 Å². The van der Waals surface area contributed by atoms with Gasteiger partial charge in [0.2, 0.25) is 5.91 Å². The number of nitrogens with zero attached hydrogens (tertiary/aromatic N) is 1. The van der Waals surface area contributed by atoms with Crippen LogP contribution in [0, 0.1) is 0 Å². The zero-order valence-corrected chi connectivity index (χ0v) is 9.05. The fourth-order valence-corrected chi connectivity index (χ4v) is 2.54. The molecule has 1 spiro atoms. The third-order valence-electron chi connectivity index (χ3n) is 3.22. The molecule has 4 heteroatoms. The fourth-order valence-electron chi connectivity index (χ4n) is 2.37. The molecular weight excluding hydrogens is 202 g/mol. The average Bonchev–Trinajstić information content (AvgIpc) is 2.62. The number of halogens is 1. The third kappa shape index (κ3) is 1.89. The summed E-state index contributed by atoms with van der Waals surface area (Å²) in [6.07, 6.45) is 4.46. The summed E-state index contributed by atoms with van der Waals surface area (Å²) >= 11 is 5.53. The lowest BCUT2D eigenvalue weighted by Crippen LogP contribution is -2.41. The summed E-state index contributed by atoms with van der Waals surface area (Å²) in [7, 11) is 0. The maximum atomic E-state index is 11.4. The van der Waals surface area contributed by atoms with Crippen LogP contribution in [-0.4, -0.2) is 42.0 Å². The summed E-state index contributed by atoms with van der Waals surface area (Å²) < 4.78 is 5.81. The molecule has 3 nitrogen and oxygen atoms in total. The van der Waals surface area contributed by atoms with Crippen molar-refractivity contribution in [2.24, 2.45) is 0 Å². The van der Waals surface area contributed by atoms with Crippen molar-refractivity contribution < 1.29 is 9.53 Å². The Morgan fingerprint density at radius 1 is 1.43 bits per heavy atom. The molecule has 0 saturated carbocycles. The molecular formula is C10H16ClNO2. The lowest BCUT2D eigenvalue weighted by molar-refractivity contribution is -0.130. The van der Waals surface area contributed by atoms with E-state index < -0.39 is 0 Å². The molecule has 0 bridgehead atoms. The molecule has 2 saturated heterocycles. The Bertz CT molecular complexity index is 226. The Hall–Kier alpha value is -0.280. The van der Waals surface area contributed by atoms with Crippen molar-refractivity contribution in [3.63, 3.8) is 0 Å². The van der Waals surface area contributed by atoms with E-state index >= 15 is 0 Å². The van der Waals surface area contributed by atoms with Gasteiger partial charge in [-0.3, -0.25) is 4.79 Å². The lowest BCUT2D eigenvalue weighted by atomic mass is 9.93. The first-order chi connectivity index (χ1) is 6.76. The Morgan fingerprint density at radius 2 is 2.29 bits per heavy atom. The molecule has 0 N–H and O–H groups in total. The van der Waals surface area contributed by atoms with Gasteiger partial charge in [0.05, 0.1) is 5.60 Å². The van der Waals surface area contributed by atoms with E-state index in [0.29, 0.717) is 0 Å². The van der Waals surface area contributed by atoms with E-state index in [1.807, 2.05) is 4.90 Å². The highest BCUT2D eigenvalue weighted by molar-refractivity contribution is 6.27. The molecule has 14 heavy (non-hydrogen) atoms. The SMILES string of the molecule is O=C(CCl)N1CC[C@]2(CCCCO2)C1. The summed E-state index contributed by atoms with van der Waals surface area (Å²) in [5.41, 5.74) is -0.0278. The van der Waals surface area contributed by atoms with Crippen LogP contribution in [0.1, 0.15) is 25.7 Å². The highest BCUT2D eigenvalue weighted by Crippen LogP contribution is 2.33. The van der Waals surface area contributed by atoms with Gasteiger partial charge in [0.1, 0.15) is 5.88 Å². The number of carbonyl (C=O) groups is 1. The van der Waals surface area contributed by atoms with Gasteiger partial charge in [-0.25, -0.2) is 0 Å². The standard InChI is InChI=1S/C10H16ClNO2/c11-7-9(13)12-5-4-10(8-12)3-1-2-6-14-10/h1-8H2/t10-/m1/s1. The van der Waals surface area contributed by atoms with Crippen LogP contribution in [0.25, 0.3) is 0 Å². The Morgan fingerprint density at radius 3 is 2.93 bits per heavy atom. The first kappa shape index (κ1) is 10.2. The zero-order chi connectivity index (χ0) is 10.0.